The first kappa shape index (κ1) is 20.9. The number of amides is 1. The largest absolute Gasteiger partial charge is 0.363 e. The predicted molar refractivity (Wildman–Crippen MR) is 121 cm³/mol. The highest BCUT2D eigenvalue weighted by Gasteiger charge is 2.45. The van der Waals surface area contributed by atoms with Crippen LogP contribution in [-0.4, -0.2) is 61.0 Å². The van der Waals surface area contributed by atoms with E-state index in [4.69, 9.17) is 16.6 Å². The number of aromatic nitrogens is 2. The fourth-order valence-corrected chi connectivity index (χ4v) is 4.82. The third-order valence-corrected chi connectivity index (χ3v) is 6.65. The maximum absolute atomic E-state index is 13.7. The van der Waals surface area contributed by atoms with E-state index in [0.717, 1.165) is 61.8 Å². The molecule has 2 fully saturated rings. The van der Waals surface area contributed by atoms with Crippen LogP contribution in [0.1, 0.15) is 36.9 Å². The van der Waals surface area contributed by atoms with Gasteiger partial charge in [-0.1, -0.05) is 36.6 Å². The van der Waals surface area contributed by atoms with Crippen LogP contribution < -0.4 is 9.80 Å². The first-order valence-corrected chi connectivity index (χ1v) is 11.1. The van der Waals surface area contributed by atoms with E-state index >= 15 is 0 Å². The highest BCUT2D eigenvalue weighted by atomic mass is 35.5. The number of nitrogens with zero attached hydrogens (tertiary/aromatic N) is 5. The average Bonchev–Trinajstić information content (AvgIpc) is 3.24. The van der Waals surface area contributed by atoms with Gasteiger partial charge in [-0.3, -0.25) is 4.79 Å². The Hall–Kier alpha value is -2.34. The summed E-state index contributed by atoms with van der Waals surface area (Å²) in [6.45, 7) is 4.89. The van der Waals surface area contributed by atoms with Crippen molar-refractivity contribution in [2.24, 2.45) is 0 Å². The average molecular weight is 428 g/mol. The van der Waals surface area contributed by atoms with Crippen LogP contribution in [0.15, 0.2) is 30.3 Å². The maximum atomic E-state index is 13.7. The quantitative estimate of drug-likeness (QED) is 0.745. The Morgan fingerprint density at radius 2 is 1.67 bits per heavy atom. The minimum Gasteiger partial charge on any atom is -0.363 e. The van der Waals surface area contributed by atoms with Gasteiger partial charge in [0.1, 0.15) is 5.82 Å². The first-order valence-electron chi connectivity index (χ1n) is 10.7. The smallest absolute Gasteiger partial charge is 0.233 e. The Kier molecular flexibility index (Phi) is 5.87. The van der Waals surface area contributed by atoms with Crippen LogP contribution >= 0.6 is 11.6 Å². The number of hydrogen-bond donors (Lipinski definition) is 0. The molecule has 2 aromatic rings. The van der Waals surface area contributed by atoms with E-state index in [0.29, 0.717) is 18.1 Å². The fraction of sp³-hybridized carbons (Fsp3) is 0.522. The van der Waals surface area contributed by atoms with Crippen molar-refractivity contribution in [2.45, 2.75) is 38.0 Å². The Morgan fingerprint density at radius 1 is 1.03 bits per heavy atom. The highest BCUT2D eigenvalue weighted by molar-refractivity contribution is 6.30. The van der Waals surface area contributed by atoms with Crippen molar-refractivity contribution in [1.82, 2.24) is 14.9 Å². The lowest BCUT2D eigenvalue weighted by molar-refractivity contribution is -0.137. The van der Waals surface area contributed by atoms with Crippen LogP contribution in [-0.2, 0) is 10.2 Å². The first-order chi connectivity index (χ1) is 14.4. The summed E-state index contributed by atoms with van der Waals surface area (Å²) in [5, 5.41) is 0.711. The molecule has 7 heteroatoms. The molecule has 1 aromatic heterocycles. The Morgan fingerprint density at radius 3 is 2.27 bits per heavy atom. The van der Waals surface area contributed by atoms with Gasteiger partial charge in [0, 0.05) is 57.1 Å². The number of aryl methyl sites for hydroxylation is 1. The number of halogens is 1. The van der Waals surface area contributed by atoms with Crippen LogP contribution in [0, 0.1) is 6.92 Å². The summed E-state index contributed by atoms with van der Waals surface area (Å²) in [4.78, 5) is 29.2. The Bertz CT molecular complexity index is 900. The van der Waals surface area contributed by atoms with Gasteiger partial charge in [-0.15, -0.1) is 0 Å². The van der Waals surface area contributed by atoms with Gasteiger partial charge in [-0.2, -0.15) is 4.98 Å². The summed E-state index contributed by atoms with van der Waals surface area (Å²) >= 11 is 6.09. The van der Waals surface area contributed by atoms with Crippen molar-refractivity contribution in [3.8, 4) is 0 Å². The lowest BCUT2D eigenvalue weighted by Crippen LogP contribution is -2.54. The molecule has 30 heavy (non-hydrogen) atoms. The fourth-order valence-electron chi connectivity index (χ4n) is 4.69. The molecule has 0 unspecified atom stereocenters. The molecule has 2 aliphatic rings. The molecule has 1 saturated carbocycles. The predicted octanol–water partition coefficient (Wildman–Crippen LogP) is 3.67. The van der Waals surface area contributed by atoms with E-state index in [-0.39, 0.29) is 5.91 Å². The lowest BCUT2D eigenvalue weighted by Gasteiger charge is -2.40. The van der Waals surface area contributed by atoms with Crippen LogP contribution in [0.3, 0.4) is 0 Å². The van der Waals surface area contributed by atoms with E-state index in [2.05, 4.69) is 9.88 Å². The zero-order valence-corrected chi connectivity index (χ0v) is 18.8. The molecule has 0 N–H and O–H groups in total. The summed E-state index contributed by atoms with van der Waals surface area (Å²) in [6.07, 6.45) is 4.03. The van der Waals surface area contributed by atoms with Gasteiger partial charge in [0.25, 0.3) is 0 Å². The third-order valence-electron chi connectivity index (χ3n) is 6.40. The minimum absolute atomic E-state index is 0.265. The van der Waals surface area contributed by atoms with Crippen LogP contribution in [0.2, 0.25) is 5.02 Å². The number of rotatable bonds is 4. The van der Waals surface area contributed by atoms with Crippen LogP contribution in [0.25, 0.3) is 0 Å². The summed E-state index contributed by atoms with van der Waals surface area (Å²) in [5.41, 5.74) is 1.66. The van der Waals surface area contributed by atoms with E-state index in [1.807, 2.05) is 61.2 Å². The number of benzene rings is 1. The van der Waals surface area contributed by atoms with E-state index in [1.54, 1.807) is 0 Å². The molecule has 1 aliphatic heterocycles. The van der Waals surface area contributed by atoms with Crippen molar-refractivity contribution in [3.63, 3.8) is 0 Å². The molecule has 1 saturated heterocycles. The van der Waals surface area contributed by atoms with Crippen molar-refractivity contribution in [2.75, 3.05) is 50.1 Å². The Labute approximate surface area is 183 Å². The van der Waals surface area contributed by atoms with Gasteiger partial charge >= 0.3 is 0 Å². The number of carbonyl (C=O) groups is 1. The van der Waals surface area contributed by atoms with Crippen molar-refractivity contribution < 1.29 is 4.79 Å². The minimum atomic E-state index is -0.398. The van der Waals surface area contributed by atoms with E-state index in [9.17, 15) is 4.79 Å². The van der Waals surface area contributed by atoms with Gasteiger partial charge in [0.05, 0.1) is 5.41 Å². The van der Waals surface area contributed by atoms with E-state index in [1.165, 1.54) is 0 Å². The second-order valence-corrected chi connectivity index (χ2v) is 9.07. The number of hydrogen-bond acceptors (Lipinski definition) is 5. The molecule has 1 aliphatic carbocycles. The highest BCUT2D eigenvalue weighted by Crippen LogP contribution is 2.43. The molecule has 0 radical (unpaired) electrons. The zero-order valence-electron chi connectivity index (χ0n) is 18.1. The van der Waals surface area contributed by atoms with Crippen molar-refractivity contribution in [3.05, 3.63) is 46.6 Å². The van der Waals surface area contributed by atoms with Gasteiger partial charge in [-0.25, -0.2) is 4.98 Å². The molecular formula is C23H30ClN5O. The van der Waals surface area contributed by atoms with E-state index < -0.39 is 5.41 Å². The van der Waals surface area contributed by atoms with Gasteiger partial charge < -0.3 is 14.7 Å². The summed E-state index contributed by atoms with van der Waals surface area (Å²) in [6, 6.07) is 9.86. The van der Waals surface area contributed by atoms with Gasteiger partial charge in [0.2, 0.25) is 11.9 Å². The normalized spacial score (nSPS) is 18.5. The summed E-state index contributed by atoms with van der Waals surface area (Å²) in [7, 11) is 3.97. The number of anilines is 2. The van der Waals surface area contributed by atoms with Crippen molar-refractivity contribution in [1.29, 1.82) is 0 Å². The molecular weight excluding hydrogens is 398 g/mol. The monoisotopic (exact) mass is 427 g/mol. The SMILES string of the molecule is Cc1cc(N(C)C)nc(N2CCN(C(=O)C3(c4ccc(Cl)cc4)CCCC3)CC2)n1. The second-order valence-electron chi connectivity index (χ2n) is 8.64. The molecule has 6 nitrogen and oxygen atoms in total. The van der Waals surface area contributed by atoms with Gasteiger partial charge in [0.15, 0.2) is 0 Å². The molecule has 2 heterocycles. The molecule has 0 bridgehead atoms. The standard InChI is InChI=1S/C23H30ClN5O/c1-17-16-20(27(2)3)26-22(25-17)29-14-12-28(13-15-29)21(30)23(10-4-5-11-23)18-6-8-19(24)9-7-18/h6-9,16H,4-5,10-15H2,1-3H3. The van der Waals surface area contributed by atoms with Gasteiger partial charge in [-0.05, 0) is 37.5 Å². The molecule has 1 amide bonds. The topological polar surface area (TPSA) is 52.6 Å². The third kappa shape index (κ3) is 3.97. The molecule has 1 aromatic carbocycles. The molecule has 0 spiro atoms. The maximum Gasteiger partial charge on any atom is 0.233 e. The number of piperazine rings is 1. The lowest BCUT2D eigenvalue weighted by atomic mass is 9.77. The van der Waals surface area contributed by atoms with Crippen LogP contribution in [0.5, 0.6) is 0 Å². The van der Waals surface area contributed by atoms with Crippen molar-refractivity contribution >= 4 is 29.3 Å². The molecule has 160 valence electrons. The number of carbonyl (C=O) groups excluding carboxylic acids is 1. The molecule has 4 rings (SSSR count). The summed E-state index contributed by atoms with van der Waals surface area (Å²) in [5.74, 6) is 1.92. The molecule has 0 atom stereocenters. The van der Waals surface area contributed by atoms with Crippen LogP contribution in [0.4, 0.5) is 11.8 Å². The second kappa shape index (κ2) is 8.42. The zero-order chi connectivity index (χ0) is 21.3. The summed E-state index contributed by atoms with van der Waals surface area (Å²) < 4.78 is 0. The Balaban J connectivity index is 1.49.